The molecule has 1 aliphatic heterocycles. The fourth-order valence-electron chi connectivity index (χ4n) is 2.22. The van der Waals surface area contributed by atoms with Crippen molar-refractivity contribution in [2.75, 3.05) is 13.1 Å². The van der Waals surface area contributed by atoms with Crippen LogP contribution in [-0.4, -0.2) is 36.0 Å². The van der Waals surface area contributed by atoms with Gasteiger partial charge in [0.1, 0.15) is 0 Å². The SMILES string of the molecule is CCN(C(=O)C1CCC(C)NC1)C(C)C. The van der Waals surface area contributed by atoms with Crippen molar-refractivity contribution in [3.05, 3.63) is 0 Å². The molecule has 0 spiro atoms. The monoisotopic (exact) mass is 212 g/mol. The minimum absolute atomic E-state index is 0.198. The Balaban J connectivity index is 2.52. The number of amides is 1. The second-order valence-electron chi connectivity index (χ2n) is 4.80. The number of piperidine rings is 1. The van der Waals surface area contributed by atoms with Crippen LogP contribution in [-0.2, 0) is 4.79 Å². The Hall–Kier alpha value is -0.570. The molecular weight excluding hydrogens is 188 g/mol. The van der Waals surface area contributed by atoms with Crippen molar-refractivity contribution >= 4 is 5.91 Å². The van der Waals surface area contributed by atoms with Crippen LogP contribution in [0.3, 0.4) is 0 Å². The van der Waals surface area contributed by atoms with Crippen molar-refractivity contribution in [1.29, 1.82) is 0 Å². The van der Waals surface area contributed by atoms with Gasteiger partial charge in [0, 0.05) is 25.2 Å². The highest BCUT2D eigenvalue weighted by Gasteiger charge is 2.28. The molecule has 2 unspecified atom stereocenters. The van der Waals surface area contributed by atoms with Crippen molar-refractivity contribution in [2.24, 2.45) is 5.92 Å². The molecule has 15 heavy (non-hydrogen) atoms. The Bertz CT molecular complexity index is 208. The van der Waals surface area contributed by atoms with Gasteiger partial charge in [-0.3, -0.25) is 4.79 Å². The van der Waals surface area contributed by atoms with Crippen LogP contribution in [0.2, 0.25) is 0 Å². The van der Waals surface area contributed by atoms with Crippen LogP contribution >= 0.6 is 0 Å². The van der Waals surface area contributed by atoms with Crippen LogP contribution in [0.1, 0.15) is 40.5 Å². The molecule has 2 atom stereocenters. The Morgan fingerprint density at radius 3 is 2.53 bits per heavy atom. The summed E-state index contributed by atoms with van der Waals surface area (Å²) < 4.78 is 0. The summed E-state index contributed by atoms with van der Waals surface area (Å²) in [5, 5.41) is 3.38. The Morgan fingerprint density at radius 2 is 2.13 bits per heavy atom. The molecule has 0 bridgehead atoms. The van der Waals surface area contributed by atoms with Crippen molar-refractivity contribution in [3.63, 3.8) is 0 Å². The van der Waals surface area contributed by atoms with Gasteiger partial charge in [-0.1, -0.05) is 0 Å². The molecule has 1 saturated heterocycles. The van der Waals surface area contributed by atoms with Gasteiger partial charge in [0.15, 0.2) is 0 Å². The van der Waals surface area contributed by atoms with Gasteiger partial charge >= 0.3 is 0 Å². The molecule has 1 fully saturated rings. The number of carbonyl (C=O) groups excluding carboxylic acids is 1. The number of hydrogen-bond acceptors (Lipinski definition) is 2. The first kappa shape index (κ1) is 12.5. The van der Waals surface area contributed by atoms with Gasteiger partial charge in [0.25, 0.3) is 0 Å². The van der Waals surface area contributed by atoms with E-state index in [1.807, 2.05) is 4.90 Å². The zero-order valence-corrected chi connectivity index (χ0v) is 10.4. The highest BCUT2D eigenvalue weighted by molar-refractivity contribution is 5.79. The molecule has 1 amide bonds. The van der Waals surface area contributed by atoms with Crippen LogP contribution in [0.5, 0.6) is 0 Å². The fourth-order valence-corrected chi connectivity index (χ4v) is 2.22. The molecule has 0 aromatic heterocycles. The molecule has 0 aliphatic carbocycles. The maximum atomic E-state index is 12.2. The van der Waals surface area contributed by atoms with E-state index in [1.165, 1.54) is 0 Å². The minimum atomic E-state index is 0.198. The van der Waals surface area contributed by atoms with E-state index < -0.39 is 0 Å². The summed E-state index contributed by atoms with van der Waals surface area (Å²) in [5.74, 6) is 0.524. The Morgan fingerprint density at radius 1 is 1.47 bits per heavy atom. The number of nitrogens with one attached hydrogen (secondary N) is 1. The molecule has 3 nitrogen and oxygen atoms in total. The molecule has 1 N–H and O–H groups in total. The van der Waals surface area contributed by atoms with Crippen molar-refractivity contribution < 1.29 is 4.79 Å². The van der Waals surface area contributed by atoms with Gasteiger partial charge in [-0.2, -0.15) is 0 Å². The lowest BCUT2D eigenvalue weighted by Crippen LogP contribution is -2.47. The number of hydrogen-bond donors (Lipinski definition) is 1. The van der Waals surface area contributed by atoms with Crippen LogP contribution in [0.25, 0.3) is 0 Å². The van der Waals surface area contributed by atoms with E-state index in [4.69, 9.17) is 0 Å². The maximum absolute atomic E-state index is 12.2. The van der Waals surface area contributed by atoms with Gasteiger partial charge < -0.3 is 10.2 Å². The van der Waals surface area contributed by atoms with Crippen molar-refractivity contribution in [2.45, 2.75) is 52.6 Å². The van der Waals surface area contributed by atoms with Crippen LogP contribution < -0.4 is 5.32 Å². The van der Waals surface area contributed by atoms with Gasteiger partial charge in [-0.25, -0.2) is 0 Å². The maximum Gasteiger partial charge on any atom is 0.227 e. The highest BCUT2D eigenvalue weighted by atomic mass is 16.2. The molecular formula is C12H24N2O. The lowest BCUT2D eigenvalue weighted by atomic mass is 9.94. The third-order valence-corrected chi connectivity index (χ3v) is 3.26. The van der Waals surface area contributed by atoms with Gasteiger partial charge in [0.2, 0.25) is 5.91 Å². The molecule has 0 radical (unpaired) electrons. The second-order valence-corrected chi connectivity index (χ2v) is 4.80. The lowest BCUT2D eigenvalue weighted by molar-refractivity contribution is -0.137. The molecule has 0 saturated carbocycles. The summed E-state index contributed by atoms with van der Waals surface area (Å²) in [6.45, 7) is 10.1. The first-order chi connectivity index (χ1) is 7.06. The second kappa shape index (κ2) is 5.50. The van der Waals surface area contributed by atoms with E-state index >= 15 is 0 Å². The van der Waals surface area contributed by atoms with E-state index in [0.29, 0.717) is 18.0 Å². The average molecular weight is 212 g/mol. The number of rotatable bonds is 3. The summed E-state index contributed by atoms with van der Waals surface area (Å²) in [6, 6.07) is 0.894. The molecule has 0 aromatic rings. The Labute approximate surface area is 93.2 Å². The molecule has 0 aromatic carbocycles. The lowest BCUT2D eigenvalue weighted by Gasteiger charge is -2.33. The standard InChI is InChI=1S/C12H24N2O/c1-5-14(9(2)3)12(15)11-7-6-10(4)13-8-11/h9-11,13H,5-8H2,1-4H3. The van der Waals surface area contributed by atoms with Gasteiger partial charge in [-0.15, -0.1) is 0 Å². The molecule has 1 heterocycles. The number of carbonyl (C=O) groups is 1. The minimum Gasteiger partial charge on any atom is -0.340 e. The van der Waals surface area contributed by atoms with E-state index in [2.05, 4.69) is 33.0 Å². The predicted octanol–water partition coefficient (Wildman–Crippen LogP) is 1.63. The van der Waals surface area contributed by atoms with E-state index in [0.717, 1.165) is 25.9 Å². The molecule has 1 aliphatic rings. The zero-order valence-electron chi connectivity index (χ0n) is 10.4. The summed E-state index contributed by atoms with van der Waals surface area (Å²) >= 11 is 0. The molecule has 1 rings (SSSR count). The summed E-state index contributed by atoms with van der Waals surface area (Å²) in [7, 11) is 0. The smallest absolute Gasteiger partial charge is 0.227 e. The predicted molar refractivity (Wildman–Crippen MR) is 62.7 cm³/mol. The van der Waals surface area contributed by atoms with E-state index in [-0.39, 0.29) is 5.92 Å². The normalized spacial score (nSPS) is 26.7. The number of nitrogens with zero attached hydrogens (tertiary/aromatic N) is 1. The summed E-state index contributed by atoms with van der Waals surface area (Å²) in [4.78, 5) is 14.1. The van der Waals surface area contributed by atoms with Crippen molar-refractivity contribution in [3.8, 4) is 0 Å². The van der Waals surface area contributed by atoms with Crippen LogP contribution in [0.15, 0.2) is 0 Å². The highest BCUT2D eigenvalue weighted by Crippen LogP contribution is 2.17. The van der Waals surface area contributed by atoms with E-state index in [9.17, 15) is 4.79 Å². The third-order valence-electron chi connectivity index (χ3n) is 3.26. The van der Waals surface area contributed by atoms with E-state index in [1.54, 1.807) is 0 Å². The first-order valence-corrected chi connectivity index (χ1v) is 6.10. The Kier molecular flexibility index (Phi) is 4.58. The quantitative estimate of drug-likeness (QED) is 0.771. The van der Waals surface area contributed by atoms with Crippen LogP contribution in [0.4, 0.5) is 0 Å². The third kappa shape index (κ3) is 3.20. The van der Waals surface area contributed by atoms with Crippen LogP contribution in [0, 0.1) is 5.92 Å². The zero-order chi connectivity index (χ0) is 11.4. The summed E-state index contributed by atoms with van der Waals surface area (Å²) in [5.41, 5.74) is 0. The average Bonchev–Trinajstić information content (AvgIpc) is 2.19. The van der Waals surface area contributed by atoms with Gasteiger partial charge in [0.05, 0.1) is 5.92 Å². The topological polar surface area (TPSA) is 32.3 Å². The molecule has 3 heteroatoms. The molecule has 88 valence electrons. The summed E-state index contributed by atoms with van der Waals surface area (Å²) in [6.07, 6.45) is 2.16. The fraction of sp³-hybridized carbons (Fsp3) is 0.917. The van der Waals surface area contributed by atoms with Crippen molar-refractivity contribution in [1.82, 2.24) is 10.2 Å². The van der Waals surface area contributed by atoms with Gasteiger partial charge in [-0.05, 0) is 40.5 Å². The first-order valence-electron chi connectivity index (χ1n) is 6.10. The largest absolute Gasteiger partial charge is 0.340 e.